The third-order valence-corrected chi connectivity index (χ3v) is 4.05. The van der Waals surface area contributed by atoms with Gasteiger partial charge in [-0.3, -0.25) is 9.59 Å². The summed E-state index contributed by atoms with van der Waals surface area (Å²) in [5.41, 5.74) is 1.10. The normalized spacial score (nSPS) is 20.3. The zero-order valence-electron chi connectivity index (χ0n) is 14.4. The van der Waals surface area contributed by atoms with Gasteiger partial charge >= 0.3 is 0 Å². The van der Waals surface area contributed by atoms with Crippen LogP contribution in [0.1, 0.15) is 29.8 Å². The zero-order chi connectivity index (χ0) is 17.8. The lowest BCUT2D eigenvalue weighted by molar-refractivity contribution is -0.00546. The second kappa shape index (κ2) is 7.48. The minimum Gasteiger partial charge on any atom is -0.372 e. The molecular weight excluding hydrogens is 320 g/mol. The van der Waals surface area contributed by atoms with Gasteiger partial charge in [0, 0.05) is 38.1 Å². The van der Waals surface area contributed by atoms with Crippen LogP contribution >= 0.6 is 0 Å². The first-order chi connectivity index (χ1) is 12.0. The Morgan fingerprint density at radius 2 is 2.04 bits per heavy atom. The van der Waals surface area contributed by atoms with Crippen LogP contribution in [0.15, 0.2) is 41.5 Å². The van der Waals surface area contributed by atoms with Crippen molar-refractivity contribution in [2.24, 2.45) is 0 Å². The lowest BCUT2D eigenvalue weighted by atomic mass is 10.2. The number of carbonyl (C=O) groups excluding carboxylic acids is 1. The largest absolute Gasteiger partial charge is 0.372 e. The molecule has 2 aromatic rings. The first-order valence-electron chi connectivity index (χ1n) is 8.33. The molecule has 25 heavy (non-hydrogen) atoms. The summed E-state index contributed by atoms with van der Waals surface area (Å²) in [6.45, 7) is 6.13. The predicted octanol–water partition coefficient (Wildman–Crippen LogP) is 1.31. The minimum atomic E-state index is -0.240. The first-order valence-corrected chi connectivity index (χ1v) is 8.33. The summed E-state index contributed by atoms with van der Waals surface area (Å²) < 4.78 is 5.74. The number of hydrogen-bond acceptors (Lipinski definition) is 5. The number of rotatable bonds is 4. The number of morpholine rings is 1. The van der Waals surface area contributed by atoms with E-state index >= 15 is 0 Å². The van der Waals surface area contributed by atoms with Crippen LogP contribution in [0.2, 0.25) is 0 Å². The molecule has 0 spiro atoms. The number of hydrogen-bond donors (Lipinski definition) is 2. The molecule has 0 radical (unpaired) electrons. The van der Waals surface area contributed by atoms with Crippen LogP contribution in [0.5, 0.6) is 0 Å². The Bertz CT molecular complexity index is 757. The van der Waals surface area contributed by atoms with Gasteiger partial charge in [0.25, 0.3) is 5.91 Å². The minimum absolute atomic E-state index is 0.182. The molecule has 0 aliphatic carbocycles. The van der Waals surface area contributed by atoms with E-state index in [0.717, 1.165) is 24.5 Å². The number of pyridine rings is 2. The Hall–Kier alpha value is -2.67. The van der Waals surface area contributed by atoms with Gasteiger partial charge in [-0.1, -0.05) is 6.07 Å². The van der Waals surface area contributed by atoms with Crippen molar-refractivity contribution in [2.75, 3.05) is 18.0 Å². The zero-order valence-corrected chi connectivity index (χ0v) is 14.4. The first kappa shape index (κ1) is 17.2. The summed E-state index contributed by atoms with van der Waals surface area (Å²) >= 11 is 0. The van der Waals surface area contributed by atoms with Gasteiger partial charge in [-0.2, -0.15) is 0 Å². The highest BCUT2D eigenvalue weighted by Gasteiger charge is 2.22. The number of ether oxygens (including phenoxy) is 1. The Kier molecular flexibility index (Phi) is 5.14. The van der Waals surface area contributed by atoms with E-state index in [1.807, 2.05) is 12.1 Å². The number of aromatic nitrogens is 2. The standard InChI is InChI=1S/C18H22N4O3/c1-12-10-22(11-13(2)25-12)16-5-3-14(7-19-16)8-21-18(24)15-4-6-17(23)20-9-15/h3-7,9,12-13H,8,10-11H2,1-2H3,(H,20,23)(H,21,24). The van der Waals surface area contributed by atoms with Crippen molar-refractivity contribution < 1.29 is 9.53 Å². The maximum absolute atomic E-state index is 12.0. The van der Waals surface area contributed by atoms with Crippen LogP contribution in [0, 0.1) is 0 Å². The average Bonchev–Trinajstić information content (AvgIpc) is 2.60. The fourth-order valence-electron chi connectivity index (χ4n) is 2.91. The maximum atomic E-state index is 12.0. The Morgan fingerprint density at radius 3 is 2.64 bits per heavy atom. The van der Waals surface area contributed by atoms with Crippen molar-refractivity contribution in [1.29, 1.82) is 0 Å². The average molecular weight is 342 g/mol. The maximum Gasteiger partial charge on any atom is 0.253 e. The monoisotopic (exact) mass is 342 g/mol. The van der Waals surface area contributed by atoms with Crippen LogP contribution < -0.4 is 15.8 Å². The molecule has 1 aliphatic rings. The van der Waals surface area contributed by atoms with E-state index in [-0.39, 0.29) is 23.7 Å². The van der Waals surface area contributed by atoms with Gasteiger partial charge in [-0.15, -0.1) is 0 Å². The van der Waals surface area contributed by atoms with Gasteiger partial charge in [0.05, 0.1) is 17.8 Å². The number of H-pyrrole nitrogens is 1. The highest BCUT2D eigenvalue weighted by Crippen LogP contribution is 2.18. The summed E-state index contributed by atoms with van der Waals surface area (Å²) in [5, 5.41) is 2.81. The van der Waals surface area contributed by atoms with Gasteiger partial charge in [-0.25, -0.2) is 4.98 Å². The molecule has 2 atom stereocenters. The van der Waals surface area contributed by atoms with E-state index in [2.05, 4.69) is 34.0 Å². The number of anilines is 1. The Labute approximate surface area is 146 Å². The molecule has 3 rings (SSSR count). The third kappa shape index (κ3) is 4.45. The quantitative estimate of drug-likeness (QED) is 0.875. The van der Waals surface area contributed by atoms with Crippen LogP contribution in [0.25, 0.3) is 0 Å². The van der Waals surface area contributed by atoms with Gasteiger partial charge in [0.15, 0.2) is 0 Å². The number of carbonyl (C=O) groups is 1. The molecule has 0 bridgehead atoms. The third-order valence-electron chi connectivity index (χ3n) is 4.05. The van der Waals surface area contributed by atoms with Crippen molar-refractivity contribution in [3.8, 4) is 0 Å². The molecule has 2 unspecified atom stereocenters. The summed E-state index contributed by atoms with van der Waals surface area (Å²) in [7, 11) is 0. The summed E-state index contributed by atoms with van der Waals surface area (Å²) in [6, 6.07) is 6.75. The number of aromatic amines is 1. The summed E-state index contributed by atoms with van der Waals surface area (Å²) in [4.78, 5) is 32.3. The van der Waals surface area contributed by atoms with Crippen molar-refractivity contribution in [3.05, 3.63) is 58.1 Å². The van der Waals surface area contributed by atoms with Crippen molar-refractivity contribution >= 4 is 11.7 Å². The van der Waals surface area contributed by atoms with Gasteiger partial charge in [0.2, 0.25) is 5.56 Å². The van der Waals surface area contributed by atoms with E-state index < -0.39 is 0 Å². The van der Waals surface area contributed by atoms with Gasteiger partial charge in [-0.05, 0) is 31.5 Å². The predicted molar refractivity (Wildman–Crippen MR) is 94.7 cm³/mol. The molecule has 132 valence electrons. The highest BCUT2D eigenvalue weighted by atomic mass is 16.5. The lowest BCUT2D eigenvalue weighted by Gasteiger charge is -2.36. The van der Waals surface area contributed by atoms with Crippen LogP contribution in [-0.2, 0) is 11.3 Å². The fourth-order valence-corrected chi connectivity index (χ4v) is 2.91. The summed E-state index contributed by atoms with van der Waals surface area (Å²) in [6.07, 6.45) is 3.54. The van der Waals surface area contributed by atoms with Crippen molar-refractivity contribution in [2.45, 2.75) is 32.6 Å². The van der Waals surface area contributed by atoms with Gasteiger partial charge < -0.3 is 19.9 Å². The second-order valence-electron chi connectivity index (χ2n) is 6.31. The molecule has 1 saturated heterocycles. The van der Waals surface area contributed by atoms with E-state index in [0.29, 0.717) is 12.1 Å². The second-order valence-corrected chi connectivity index (χ2v) is 6.31. The molecule has 3 heterocycles. The molecular formula is C18H22N4O3. The number of amides is 1. The highest BCUT2D eigenvalue weighted by molar-refractivity contribution is 5.93. The molecule has 1 fully saturated rings. The molecule has 7 nitrogen and oxygen atoms in total. The topological polar surface area (TPSA) is 87.3 Å². The van der Waals surface area contributed by atoms with E-state index in [4.69, 9.17) is 4.74 Å². The molecule has 7 heteroatoms. The van der Waals surface area contributed by atoms with Crippen molar-refractivity contribution in [3.63, 3.8) is 0 Å². The van der Waals surface area contributed by atoms with E-state index in [1.165, 1.54) is 18.3 Å². The van der Waals surface area contributed by atoms with E-state index in [1.54, 1.807) is 6.20 Å². The molecule has 0 aromatic carbocycles. The Balaban J connectivity index is 1.58. The molecule has 1 amide bonds. The number of nitrogens with zero attached hydrogens (tertiary/aromatic N) is 2. The van der Waals surface area contributed by atoms with Crippen LogP contribution in [-0.4, -0.2) is 41.2 Å². The smallest absolute Gasteiger partial charge is 0.253 e. The van der Waals surface area contributed by atoms with E-state index in [9.17, 15) is 9.59 Å². The van der Waals surface area contributed by atoms with Crippen LogP contribution in [0.3, 0.4) is 0 Å². The van der Waals surface area contributed by atoms with Gasteiger partial charge in [0.1, 0.15) is 5.82 Å². The lowest BCUT2D eigenvalue weighted by Crippen LogP contribution is -2.45. The van der Waals surface area contributed by atoms with Crippen molar-refractivity contribution in [1.82, 2.24) is 15.3 Å². The number of nitrogens with one attached hydrogen (secondary N) is 2. The molecule has 1 aliphatic heterocycles. The summed E-state index contributed by atoms with van der Waals surface area (Å²) in [5.74, 6) is 0.675. The molecule has 0 saturated carbocycles. The fraction of sp³-hybridized carbons (Fsp3) is 0.389. The van der Waals surface area contributed by atoms with Crippen LogP contribution in [0.4, 0.5) is 5.82 Å². The Morgan fingerprint density at radius 1 is 1.28 bits per heavy atom. The SMILES string of the molecule is CC1CN(c2ccc(CNC(=O)c3ccc(=O)[nH]c3)cn2)CC(C)O1. The molecule has 2 N–H and O–H groups in total. The molecule has 2 aromatic heterocycles.